The summed E-state index contributed by atoms with van der Waals surface area (Å²) in [4.78, 5) is 10.4. The maximum absolute atomic E-state index is 13.2. The van der Waals surface area contributed by atoms with E-state index >= 15 is 0 Å². The molecule has 0 aliphatic carbocycles. The summed E-state index contributed by atoms with van der Waals surface area (Å²) in [7, 11) is 0. The van der Waals surface area contributed by atoms with Gasteiger partial charge in [-0.25, -0.2) is 4.39 Å². The standard InChI is InChI=1S/C10H10ClFO3/c1-6(5-9(13)14)15-10-7(11)3-2-4-8(10)12/h2-4,6H,5H2,1H3,(H,13,14)/t6-/m0/s1. The van der Waals surface area contributed by atoms with Crippen molar-refractivity contribution in [1.82, 2.24) is 0 Å². The Hall–Kier alpha value is -1.29. The summed E-state index contributed by atoms with van der Waals surface area (Å²) < 4.78 is 18.3. The second kappa shape index (κ2) is 4.98. The quantitative estimate of drug-likeness (QED) is 0.868. The molecule has 0 unspecified atom stereocenters. The third-order valence-corrected chi connectivity index (χ3v) is 2.00. The highest BCUT2D eigenvalue weighted by Gasteiger charge is 2.14. The van der Waals surface area contributed by atoms with Crippen molar-refractivity contribution in [3.8, 4) is 5.75 Å². The Morgan fingerprint density at radius 3 is 2.87 bits per heavy atom. The first-order chi connectivity index (χ1) is 7.00. The fraction of sp³-hybridized carbons (Fsp3) is 0.300. The van der Waals surface area contributed by atoms with Crippen molar-refractivity contribution in [3.05, 3.63) is 29.0 Å². The molecule has 0 bridgehead atoms. The molecule has 0 heterocycles. The zero-order valence-corrected chi connectivity index (χ0v) is 8.79. The van der Waals surface area contributed by atoms with E-state index in [1.807, 2.05) is 0 Å². The van der Waals surface area contributed by atoms with Crippen LogP contribution in [0.15, 0.2) is 18.2 Å². The topological polar surface area (TPSA) is 46.5 Å². The zero-order valence-electron chi connectivity index (χ0n) is 8.04. The van der Waals surface area contributed by atoms with Crippen molar-refractivity contribution >= 4 is 17.6 Å². The molecule has 3 nitrogen and oxygen atoms in total. The van der Waals surface area contributed by atoms with Gasteiger partial charge in [0.1, 0.15) is 6.10 Å². The van der Waals surface area contributed by atoms with Gasteiger partial charge in [0.25, 0.3) is 0 Å². The van der Waals surface area contributed by atoms with E-state index in [0.29, 0.717) is 0 Å². The molecule has 0 spiro atoms. The van der Waals surface area contributed by atoms with Crippen molar-refractivity contribution in [2.75, 3.05) is 0 Å². The second-order valence-corrected chi connectivity index (χ2v) is 3.48. The highest BCUT2D eigenvalue weighted by atomic mass is 35.5. The molecule has 1 atom stereocenters. The molecular weight excluding hydrogens is 223 g/mol. The van der Waals surface area contributed by atoms with Crippen LogP contribution in [0, 0.1) is 5.82 Å². The van der Waals surface area contributed by atoms with E-state index in [-0.39, 0.29) is 17.2 Å². The number of aliphatic carboxylic acids is 1. The van der Waals surface area contributed by atoms with Crippen LogP contribution >= 0.6 is 11.6 Å². The number of ether oxygens (including phenoxy) is 1. The van der Waals surface area contributed by atoms with Crippen molar-refractivity contribution in [3.63, 3.8) is 0 Å². The summed E-state index contributed by atoms with van der Waals surface area (Å²) in [6.45, 7) is 1.54. The van der Waals surface area contributed by atoms with Crippen LogP contribution in [-0.2, 0) is 4.79 Å². The Kier molecular flexibility index (Phi) is 3.91. The molecule has 15 heavy (non-hydrogen) atoms. The number of hydrogen-bond acceptors (Lipinski definition) is 2. The van der Waals surface area contributed by atoms with Gasteiger partial charge < -0.3 is 9.84 Å². The molecule has 1 rings (SSSR count). The average molecular weight is 233 g/mol. The second-order valence-electron chi connectivity index (χ2n) is 3.08. The number of benzene rings is 1. The molecular formula is C10H10ClFO3. The van der Waals surface area contributed by atoms with Crippen LogP contribution in [0.2, 0.25) is 5.02 Å². The van der Waals surface area contributed by atoms with E-state index in [0.717, 1.165) is 0 Å². The largest absolute Gasteiger partial charge is 0.485 e. The van der Waals surface area contributed by atoms with Crippen molar-refractivity contribution < 1.29 is 19.0 Å². The normalized spacial score (nSPS) is 12.2. The Morgan fingerprint density at radius 1 is 1.67 bits per heavy atom. The third kappa shape index (κ3) is 3.40. The Morgan fingerprint density at radius 2 is 2.33 bits per heavy atom. The van der Waals surface area contributed by atoms with E-state index in [9.17, 15) is 9.18 Å². The summed E-state index contributed by atoms with van der Waals surface area (Å²) in [5.74, 6) is -1.71. The van der Waals surface area contributed by atoms with Crippen molar-refractivity contribution in [1.29, 1.82) is 0 Å². The Labute approximate surface area is 91.4 Å². The summed E-state index contributed by atoms with van der Waals surface area (Å²) in [5, 5.41) is 8.63. The number of carboxylic acids is 1. The molecule has 0 aromatic heterocycles. The number of carboxylic acid groups (broad SMARTS) is 1. The van der Waals surface area contributed by atoms with Gasteiger partial charge in [-0.2, -0.15) is 0 Å². The third-order valence-electron chi connectivity index (χ3n) is 1.70. The minimum Gasteiger partial charge on any atom is -0.485 e. The van der Waals surface area contributed by atoms with Crippen LogP contribution in [0.5, 0.6) is 5.75 Å². The first-order valence-corrected chi connectivity index (χ1v) is 4.71. The average Bonchev–Trinajstić information content (AvgIpc) is 2.10. The number of rotatable bonds is 4. The van der Waals surface area contributed by atoms with E-state index in [2.05, 4.69) is 0 Å². The van der Waals surface area contributed by atoms with Crippen LogP contribution in [0.3, 0.4) is 0 Å². The molecule has 0 aliphatic rings. The first-order valence-electron chi connectivity index (χ1n) is 4.33. The SMILES string of the molecule is C[C@@H](CC(=O)O)Oc1c(F)cccc1Cl. The monoisotopic (exact) mass is 232 g/mol. The van der Waals surface area contributed by atoms with Gasteiger partial charge in [0.15, 0.2) is 11.6 Å². The van der Waals surface area contributed by atoms with Gasteiger partial charge in [0.2, 0.25) is 0 Å². The highest BCUT2D eigenvalue weighted by molar-refractivity contribution is 6.32. The lowest BCUT2D eigenvalue weighted by atomic mass is 10.3. The van der Waals surface area contributed by atoms with Crippen LogP contribution in [0.25, 0.3) is 0 Å². The van der Waals surface area contributed by atoms with Gasteiger partial charge >= 0.3 is 5.97 Å². The number of carbonyl (C=O) groups is 1. The predicted molar refractivity (Wildman–Crippen MR) is 53.8 cm³/mol. The minimum absolute atomic E-state index is 0.104. The smallest absolute Gasteiger partial charge is 0.307 e. The van der Waals surface area contributed by atoms with Crippen LogP contribution in [-0.4, -0.2) is 17.2 Å². The molecule has 0 saturated carbocycles. The molecule has 5 heteroatoms. The number of hydrogen-bond donors (Lipinski definition) is 1. The van der Waals surface area contributed by atoms with Crippen LogP contribution < -0.4 is 4.74 Å². The van der Waals surface area contributed by atoms with Gasteiger partial charge in [-0.05, 0) is 19.1 Å². The fourth-order valence-corrected chi connectivity index (χ4v) is 1.29. The lowest BCUT2D eigenvalue weighted by Crippen LogP contribution is -2.17. The maximum Gasteiger partial charge on any atom is 0.307 e. The minimum atomic E-state index is -1.00. The fourth-order valence-electron chi connectivity index (χ4n) is 1.08. The van der Waals surface area contributed by atoms with Gasteiger partial charge in [-0.15, -0.1) is 0 Å². The van der Waals surface area contributed by atoms with Crippen LogP contribution in [0.1, 0.15) is 13.3 Å². The predicted octanol–water partition coefficient (Wildman–Crippen LogP) is 2.72. The lowest BCUT2D eigenvalue weighted by molar-refractivity contribution is -0.138. The van der Waals surface area contributed by atoms with Crippen LogP contribution in [0.4, 0.5) is 4.39 Å². The summed E-state index contributed by atoms with van der Waals surface area (Å²) in [5.41, 5.74) is 0. The first kappa shape index (κ1) is 11.8. The van der Waals surface area contributed by atoms with Gasteiger partial charge in [0, 0.05) is 0 Å². The lowest BCUT2D eigenvalue weighted by Gasteiger charge is -2.14. The van der Waals surface area contributed by atoms with Crippen molar-refractivity contribution in [2.24, 2.45) is 0 Å². The Bertz CT molecular complexity index is 347. The van der Waals surface area contributed by atoms with E-state index < -0.39 is 17.9 Å². The van der Waals surface area contributed by atoms with E-state index in [1.54, 1.807) is 0 Å². The molecule has 0 saturated heterocycles. The summed E-state index contributed by atoms with van der Waals surface area (Å²) >= 11 is 5.70. The molecule has 1 aromatic rings. The van der Waals surface area contributed by atoms with Gasteiger partial charge in [-0.1, -0.05) is 17.7 Å². The summed E-state index contributed by atoms with van der Waals surface area (Å²) in [6.07, 6.45) is -0.832. The molecule has 82 valence electrons. The van der Waals surface area contributed by atoms with Crippen molar-refractivity contribution in [2.45, 2.75) is 19.4 Å². The zero-order chi connectivity index (χ0) is 11.4. The number of halogens is 2. The molecule has 0 radical (unpaired) electrons. The van der Waals surface area contributed by atoms with Gasteiger partial charge in [0.05, 0.1) is 11.4 Å². The van der Waals surface area contributed by atoms with E-state index in [4.69, 9.17) is 21.4 Å². The van der Waals surface area contributed by atoms with Gasteiger partial charge in [-0.3, -0.25) is 4.79 Å². The number of para-hydroxylation sites is 1. The summed E-state index contributed by atoms with van der Waals surface area (Å²) in [6, 6.07) is 4.13. The maximum atomic E-state index is 13.2. The molecule has 0 aliphatic heterocycles. The molecule has 0 amide bonds. The highest BCUT2D eigenvalue weighted by Crippen LogP contribution is 2.28. The molecule has 1 N–H and O–H groups in total. The molecule has 0 fully saturated rings. The van der Waals surface area contributed by atoms with E-state index in [1.165, 1.54) is 25.1 Å². The molecule has 1 aromatic carbocycles. The Balaban J connectivity index is 2.76.